The number of hydrogen-bond acceptors (Lipinski definition) is 9. The maximum absolute atomic E-state index is 8.56. The quantitative estimate of drug-likeness (QED) is 0.144. The average Bonchev–Trinajstić information content (AvgIpc) is 1.01. The van der Waals surface area contributed by atoms with Crippen LogP contribution in [0.2, 0.25) is 0 Å². The van der Waals surface area contributed by atoms with Crippen molar-refractivity contribution in [1.29, 1.82) is 0 Å². The third kappa shape index (κ3) is 19.0. The van der Waals surface area contributed by atoms with E-state index in [1.165, 1.54) is 36.9 Å². The molecular formula is C97H80Ir3N6O3-6. The van der Waals surface area contributed by atoms with Crippen molar-refractivity contribution in [3.8, 4) is 67.5 Å². The van der Waals surface area contributed by atoms with Crippen LogP contribution in [0.15, 0.2) is 275 Å². The van der Waals surface area contributed by atoms with Gasteiger partial charge in [-0.2, -0.15) is 0 Å². The minimum atomic E-state index is -3.36. The van der Waals surface area contributed by atoms with Crippen LogP contribution >= 0.6 is 0 Å². The summed E-state index contributed by atoms with van der Waals surface area (Å²) in [7, 11) is 0. The minimum absolute atomic E-state index is 0. The topological polar surface area (TPSA) is 117 Å². The van der Waals surface area contributed by atoms with Gasteiger partial charge < -0.3 is 43.2 Å². The van der Waals surface area contributed by atoms with Crippen molar-refractivity contribution in [3.63, 3.8) is 0 Å². The number of nitrogens with zero attached hydrogens (tertiary/aromatic N) is 6. The van der Waals surface area contributed by atoms with Crippen molar-refractivity contribution in [1.82, 2.24) is 29.9 Å². The summed E-state index contributed by atoms with van der Waals surface area (Å²) in [4.78, 5) is 25.2. The molecule has 0 saturated carbocycles. The number of furan rings is 3. The molecule has 0 N–H and O–H groups in total. The van der Waals surface area contributed by atoms with Gasteiger partial charge in [0.25, 0.3) is 0 Å². The second-order valence-electron chi connectivity index (χ2n) is 24.1. The molecule has 18 aromatic rings. The van der Waals surface area contributed by atoms with Gasteiger partial charge in [-0.05, 0) is 166 Å². The van der Waals surface area contributed by atoms with Gasteiger partial charge >= 0.3 is 0 Å². The van der Waals surface area contributed by atoms with E-state index in [9.17, 15) is 0 Å². The molecule has 9 heterocycles. The number of rotatable bonds is 7. The zero-order valence-corrected chi connectivity index (χ0v) is 65.4. The molecule has 0 amide bonds. The number of fused-ring (bicyclic) bond motifs is 9. The van der Waals surface area contributed by atoms with Crippen LogP contribution in [-0.2, 0) is 60.3 Å². The van der Waals surface area contributed by atoms with Crippen molar-refractivity contribution in [2.75, 3.05) is 0 Å². The smallest absolute Gasteiger partial charge is 0.120 e. The normalized spacial score (nSPS) is 15.6. The van der Waals surface area contributed by atoms with E-state index in [-0.39, 0.29) is 82.7 Å². The Hall–Kier alpha value is -10.8. The number of aromatic nitrogens is 6. The molecule has 0 aliphatic carbocycles. The number of para-hydroxylation sites is 3. The molecule has 549 valence electrons. The molecule has 9 aromatic heterocycles. The number of pyridine rings is 6. The molecule has 0 unspecified atom stereocenters. The summed E-state index contributed by atoms with van der Waals surface area (Å²) < 4.78 is 232. The van der Waals surface area contributed by atoms with E-state index in [1.807, 2.05) is 152 Å². The molecule has 0 spiro atoms. The summed E-state index contributed by atoms with van der Waals surface area (Å²) in [6.07, 6.45) is 7.81. The molecule has 0 bridgehead atoms. The molecule has 9 aromatic carbocycles. The van der Waals surface area contributed by atoms with Gasteiger partial charge in [0.2, 0.25) is 0 Å². The minimum Gasteiger partial charge on any atom is -0.501 e. The van der Waals surface area contributed by atoms with Gasteiger partial charge in [-0.15, -0.1) is 162 Å². The van der Waals surface area contributed by atoms with E-state index in [0.717, 1.165) is 107 Å². The maximum atomic E-state index is 8.56. The van der Waals surface area contributed by atoms with Crippen LogP contribution in [0.5, 0.6) is 0 Å². The van der Waals surface area contributed by atoms with Gasteiger partial charge in [0.1, 0.15) is 16.7 Å². The molecule has 0 atom stereocenters. The van der Waals surface area contributed by atoms with Crippen LogP contribution in [0, 0.1) is 105 Å². The van der Waals surface area contributed by atoms with Gasteiger partial charge in [0.15, 0.2) is 0 Å². The summed E-state index contributed by atoms with van der Waals surface area (Å²) in [6.45, 7) is -17.9. The predicted molar refractivity (Wildman–Crippen MR) is 434 cm³/mol. The number of benzene rings is 9. The zero-order chi connectivity index (χ0) is 97.2. The van der Waals surface area contributed by atoms with E-state index < -0.39 is 78.7 Å². The molecule has 18 rings (SSSR count). The molecule has 0 aliphatic heterocycles. The molecular weight excluding hydrogens is 1870 g/mol. The first kappa shape index (κ1) is 50.8. The molecule has 109 heavy (non-hydrogen) atoms. The first-order valence-corrected chi connectivity index (χ1v) is 33.1. The third-order valence-corrected chi connectivity index (χ3v) is 16.9. The van der Waals surface area contributed by atoms with E-state index >= 15 is 0 Å². The Morgan fingerprint density at radius 2 is 0.642 bits per heavy atom. The van der Waals surface area contributed by atoms with Crippen LogP contribution in [-0.4, -0.2) is 29.9 Å². The second-order valence-corrected chi connectivity index (χ2v) is 24.1. The Balaban J connectivity index is 0.000000172. The SMILES string of the molecule is [2H]C([2H])([2H])c1ccnc(-c2[c-]ccc3c2oc2ccccc23)c1.[2H]C([2H])([2H])c1cnc(-c2[c-]ccc3c2oc2ccccc23)cc1C([2H])(C([2H])([2H])[2H])C([2H])([2H])[2H].[2H]C([2H])([2H])c1cnc(-c2[c-]ccc3c2oc2ccccc23)cc1C([2H])([2H])[2H].[2H]C([2H])([2H])c1cnc(-c2[c-]cccc2)cc1C.[2H]C([2H])([2H])c1cnc(-c2[c-]cccc2)cc1C.[2H]C([2H])([2H])c1cnc(-c2[c-]cccc2)cc1C.[Ir].[Ir].[Ir]. The molecule has 0 aliphatic rings. The van der Waals surface area contributed by atoms with Crippen molar-refractivity contribution in [3.05, 3.63) is 359 Å². The summed E-state index contributed by atoms with van der Waals surface area (Å²) in [5.74, 6) is -3.21. The Kier molecular flexibility index (Phi) is 17.4. The average molecular weight is 1980 g/mol. The van der Waals surface area contributed by atoms with E-state index in [0.29, 0.717) is 72.7 Å². The molecule has 0 fully saturated rings. The fourth-order valence-electron chi connectivity index (χ4n) is 11.4. The Labute approximate surface area is 718 Å². The van der Waals surface area contributed by atoms with Crippen molar-refractivity contribution >= 4 is 65.8 Å². The Morgan fingerprint density at radius 3 is 1.00 bits per heavy atom. The summed E-state index contributed by atoms with van der Waals surface area (Å²) in [6, 6.07) is 84.9. The van der Waals surface area contributed by atoms with Crippen LogP contribution in [0.25, 0.3) is 133 Å². The van der Waals surface area contributed by atoms with Gasteiger partial charge in [0.05, 0.1) is 16.7 Å². The third-order valence-electron chi connectivity index (χ3n) is 16.9. The Morgan fingerprint density at radius 1 is 0.303 bits per heavy atom. The van der Waals surface area contributed by atoms with Gasteiger partial charge in [-0.25, -0.2) is 0 Å². The van der Waals surface area contributed by atoms with E-state index in [1.54, 1.807) is 75.4 Å². The van der Waals surface area contributed by atoms with E-state index in [4.69, 9.17) is 51.6 Å². The second kappa shape index (κ2) is 37.4. The van der Waals surface area contributed by atoms with Gasteiger partial charge in [0, 0.05) is 152 Å². The molecule has 9 nitrogen and oxygen atoms in total. The number of hydrogen-bond donors (Lipinski definition) is 0. The largest absolute Gasteiger partial charge is 0.501 e. The van der Waals surface area contributed by atoms with Gasteiger partial charge in [-0.3, -0.25) is 0 Å². The summed E-state index contributed by atoms with van der Waals surface area (Å²) in [5, 5.41) is 5.32. The number of aryl methyl sites for hydroxylation is 10. The van der Waals surface area contributed by atoms with E-state index in [2.05, 4.69) is 66.3 Å². The van der Waals surface area contributed by atoms with Crippen LogP contribution < -0.4 is 0 Å². The molecule has 12 heteroatoms. The molecule has 0 saturated heterocycles. The van der Waals surface area contributed by atoms with Crippen molar-refractivity contribution in [2.24, 2.45) is 0 Å². The van der Waals surface area contributed by atoms with Gasteiger partial charge in [-0.1, -0.05) is 165 Å². The Bertz CT molecular complexity index is 7010. The van der Waals surface area contributed by atoms with Crippen molar-refractivity contribution < 1.29 is 112 Å². The standard InChI is InChI=1S/C21H18NO.C19H14NO.C18H12NO.3C13H12N.3Ir/c1-13(2)18-11-19(22-12-14(18)3)17-9-6-8-16-15-7-4-5-10-20(15)23-21(16)17;1-12-10-17(20-11-13(12)2)16-8-5-7-15-14-6-3-4-9-18(14)21-19(15)16;1-12-9-10-19-16(11-12)15-7-4-6-14-13-5-2-3-8-17(13)20-18(14)15;3*1-10-8-13(14-9-11(10)2)12-6-4-3-5-7-12;;;/h4-8,10-13H,1-3H3;3-7,9-11H,1-2H3;2-6,8-11H,1H3;3*3-6,8-9H,1-2H3;;;/q6*-1;;;/i1D3,2D3,3D3,13D;1D3,2D3;1D3;3*2D3;;;. The summed E-state index contributed by atoms with van der Waals surface area (Å²) in [5.41, 5.74) is 12.4. The molecule has 3 radical (unpaired) electrons. The van der Waals surface area contributed by atoms with Crippen LogP contribution in [0.1, 0.15) is 119 Å². The first-order valence-electron chi connectivity index (χ1n) is 47.1. The van der Waals surface area contributed by atoms with Crippen molar-refractivity contribution in [2.45, 2.75) is 88.3 Å². The van der Waals surface area contributed by atoms with Crippen LogP contribution in [0.3, 0.4) is 0 Å². The van der Waals surface area contributed by atoms with Crippen LogP contribution in [0.4, 0.5) is 0 Å². The zero-order valence-electron chi connectivity index (χ0n) is 86.2. The first-order chi connectivity index (χ1) is 62.8. The fourth-order valence-corrected chi connectivity index (χ4v) is 11.4. The maximum Gasteiger partial charge on any atom is 0.120 e. The summed E-state index contributed by atoms with van der Waals surface area (Å²) >= 11 is 0. The monoisotopic (exact) mass is 1980 g/mol. The predicted octanol–water partition coefficient (Wildman–Crippen LogP) is 25.2. The fraction of sp³-hybridized carbons (Fsp3) is 0.134.